The van der Waals surface area contributed by atoms with Crippen LogP contribution < -0.4 is 0 Å². The van der Waals surface area contributed by atoms with Crippen molar-refractivity contribution in [1.29, 1.82) is 0 Å². The number of aryl methyl sites for hydroxylation is 1. The number of aromatic hydroxyl groups is 2. The Balaban J connectivity index is 0.000000214. The third kappa shape index (κ3) is 11.0. The topological polar surface area (TPSA) is 147 Å². The van der Waals surface area contributed by atoms with E-state index < -0.39 is 29.4 Å². The normalized spacial score (nSPS) is 32.0. The van der Waals surface area contributed by atoms with E-state index in [-0.39, 0.29) is 97.6 Å². The van der Waals surface area contributed by atoms with Crippen molar-refractivity contribution in [2.45, 2.75) is 217 Å². The molecule has 8 rings (SSSR count). The second-order valence-corrected chi connectivity index (χ2v) is 26.1. The summed E-state index contributed by atoms with van der Waals surface area (Å²) in [6.45, 7) is 34.1. The van der Waals surface area contributed by atoms with Crippen LogP contribution in [0.15, 0.2) is 76.1 Å². The Labute approximate surface area is 438 Å². The molecule has 0 spiro atoms. The van der Waals surface area contributed by atoms with Crippen LogP contribution in [0.4, 0.5) is 0 Å². The smallest absolute Gasteiger partial charge is 0.342 e. The second kappa shape index (κ2) is 21.5. The largest absolute Gasteiger partial charge is 0.507 e. The number of allylic oxidation sites excluding steroid dienone is 8. The van der Waals surface area contributed by atoms with Crippen molar-refractivity contribution in [1.82, 2.24) is 0 Å². The highest BCUT2D eigenvalue weighted by Crippen LogP contribution is 2.65. The Hall–Kier alpha value is -4.66. The zero-order valence-corrected chi connectivity index (χ0v) is 46.8. The first-order chi connectivity index (χ1) is 34.2. The van der Waals surface area contributed by atoms with Crippen LogP contribution in [0.1, 0.15) is 220 Å². The van der Waals surface area contributed by atoms with Gasteiger partial charge in [-0.1, -0.05) is 129 Å². The molecular weight excluding hydrogens is 913 g/mol. The Morgan fingerprint density at radius 2 is 1.16 bits per heavy atom. The molecule has 400 valence electrons. The third-order valence-corrected chi connectivity index (χ3v) is 19.2. The minimum absolute atomic E-state index is 0.0180. The molecule has 1 aromatic carbocycles. The lowest BCUT2D eigenvalue weighted by molar-refractivity contribution is -0.152. The monoisotopic (exact) mass is 1000 g/mol. The highest BCUT2D eigenvalue weighted by molar-refractivity contribution is 6.51. The van der Waals surface area contributed by atoms with E-state index >= 15 is 0 Å². The molecule has 9 nitrogen and oxygen atoms in total. The van der Waals surface area contributed by atoms with Crippen LogP contribution in [0.5, 0.6) is 11.5 Å². The summed E-state index contributed by atoms with van der Waals surface area (Å²) in [4.78, 5) is 54.5. The van der Waals surface area contributed by atoms with Gasteiger partial charge in [0, 0.05) is 33.8 Å². The van der Waals surface area contributed by atoms with E-state index in [1.165, 1.54) is 5.57 Å². The van der Waals surface area contributed by atoms with Crippen molar-refractivity contribution in [3.05, 3.63) is 92.8 Å². The number of benzene rings is 1. The molecule has 73 heavy (non-hydrogen) atoms. The molecule has 4 saturated carbocycles. The standard InChI is InChI=1S/C32H44O5.C32H46O4/c1-8-9-10-11-22-26(30(36)37-24-15-20-16-32(24,7)17-31(20,5)6)28(34)25(29(35)27(22)33)23-14-19(4)12-13-21(23)18(2)3;1-8-9-10-11-21-15-25(33)28(24-14-20(4)12-13-23(24)19(2)3)29(34)27(21)30(35)36-26-16-22-17-32(26,7)18-31(22,5)6/h14,20-21,23-24,34H,2,8-13,15-17H2,1,3-7H3;14-15,22-24,26,33-34H,2,8-13,16-18H2,1,3-7H3/t20?,21-,23+,24?,32?;22?,23-,24+,26?,32?/m00/s1. The minimum Gasteiger partial charge on any atom is -0.507 e. The quantitative estimate of drug-likeness (QED) is 0.0484. The average molecular weight is 1000 g/mol. The van der Waals surface area contributed by atoms with Crippen molar-refractivity contribution < 1.29 is 44.0 Å². The molecule has 4 bridgehead atoms. The molecular formula is C64H90O9. The molecule has 0 amide bonds. The molecule has 7 aliphatic rings. The number of ketones is 2. The second-order valence-electron chi connectivity index (χ2n) is 26.1. The first kappa shape index (κ1) is 56.1. The van der Waals surface area contributed by atoms with Crippen LogP contribution in [0, 0.1) is 51.2 Å². The molecule has 10 atom stereocenters. The van der Waals surface area contributed by atoms with Gasteiger partial charge in [-0.05, 0) is 164 Å². The molecule has 0 radical (unpaired) electrons. The molecule has 3 N–H and O–H groups in total. The fraction of sp³-hybridized carbons (Fsp3) is 0.656. The van der Waals surface area contributed by atoms with Gasteiger partial charge in [0.15, 0.2) is 0 Å². The van der Waals surface area contributed by atoms with Crippen molar-refractivity contribution in [2.24, 2.45) is 51.2 Å². The van der Waals surface area contributed by atoms with Crippen LogP contribution in [0.3, 0.4) is 0 Å². The number of aliphatic hydroxyl groups is 1. The minimum atomic E-state index is -0.698. The number of rotatable bonds is 16. The molecule has 9 heteroatoms. The van der Waals surface area contributed by atoms with Crippen LogP contribution in [0.2, 0.25) is 0 Å². The van der Waals surface area contributed by atoms with Crippen LogP contribution in [-0.4, -0.2) is 51.0 Å². The van der Waals surface area contributed by atoms with Gasteiger partial charge in [0.05, 0.1) is 5.57 Å². The number of phenols is 2. The molecule has 0 saturated heterocycles. The Morgan fingerprint density at radius 1 is 0.685 bits per heavy atom. The van der Waals surface area contributed by atoms with Gasteiger partial charge in [0.25, 0.3) is 0 Å². The van der Waals surface area contributed by atoms with Gasteiger partial charge in [-0.25, -0.2) is 9.59 Å². The van der Waals surface area contributed by atoms with Crippen LogP contribution in [-0.2, 0) is 30.3 Å². The molecule has 0 aromatic heterocycles. The lowest BCUT2D eigenvalue weighted by atomic mass is 9.70. The van der Waals surface area contributed by atoms with Gasteiger partial charge in [0.2, 0.25) is 11.6 Å². The van der Waals surface area contributed by atoms with Gasteiger partial charge >= 0.3 is 11.9 Å². The maximum atomic E-state index is 13.8. The van der Waals surface area contributed by atoms with Gasteiger partial charge < -0.3 is 24.8 Å². The molecule has 1 aromatic rings. The summed E-state index contributed by atoms with van der Waals surface area (Å²) < 4.78 is 12.3. The summed E-state index contributed by atoms with van der Waals surface area (Å²) in [5.74, 6) is -2.53. The van der Waals surface area contributed by atoms with E-state index in [0.717, 1.165) is 113 Å². The number of Topliss-reactive ketones (excluding diaryl/α,β-unsaturated/α-hetero) is 2. The number of aliphatic hydroxyl groups excluding tert-OH is 1. The fourth-order valence-corrected chi connectivity index (χ4v) is 15.3. The molecule has 0 aliphatic heterocycles. The van der Waals surface area contributed by atoms with E-state index in [1.54, 1.807) is 6.07 Å². The summed E-state index contributed by atoms with van der Waals surface area (Å²) in [6, 6.07) is 1.71. The van der Waals surface area contributed by atoms with Gasteiger partial charge in [-0.15, -0.1) is 0 Å². The maximum Gasteiger partial charge on any atom is 0.342 e. The Kier molecular flexibility index (Phi) is 16.5. The summed E-state index contributed by atoms with van der Waals surface area (Å²) in [5, 5.41) is 34.4. The van der Waals surface area contributed by atoms with E-state index in [2.05, 4.69) is 81.5 Å². The number of fused-ring (bicyclic) bond motifs is 4. The number of carbonyl (C=O) groups is 4. The van der Waals surface area contributed by atoms with E-state index in [4.69, 9.17) is 9.47 Å². The number of phenolic OH excluding ortho intramolecular Hbond substituents is 2. The summed E-state index contributed by atoms with van der Waals surface area (Å²) in [5.41, 5.74) is 6.04. The lowest BCUT2D eigenvalue weighted by Gasteiger charge is -2.39. The number of hydrogen-bond donors (Lipinski definition) is 3. The van der Waals surface area contributed by atoms with Crippen molar-refractivity contribution in [3.63, 3.8) is 0 Å². The van der Waals surface area contributed by atoms with E-state index in [0.29, 0.717) is 35.8 Å². The Bertz CT molecular complexity index is 2530. The first-order valence-electron chi connectivity index (χ1n) is 28.1. The number of esters is 2. The molecule has 4 fully saturated rings. The van der Waals surface area contributed by atoms with Crippen LogP contribution in [0.25, 0.3) is 0 Å². The van der Waals surface area contributed by atoms with Gasteiger partial charge in [-0.2, -0.15) is 0 Å². The highest BCUT2D eigenvalue weighted by Gasteiger charge is 2.60. The molecule has 7 aliphatic carbocycles. The van der Waals surface area contributed by atoms with E-state index in [1.807, 2.05) is 26.8 Å². The number of unbranched alkanes of at least 4 members (excludes halogenated alkanes) is 4. The summed E-state index contributed by atoms with van der Waals surface area (Å²) in [7, 11) is 0. The lowest BCUT2D eigenvalue weighted by Crippen LogP contribution is -2.39. The van der Waals surface area contributed by atoms with Gasteiger partial charge in [-0.3, -0.25) is 9.59 Å². The Morgan fingerprint density at radius 3 is 1.63 bits per heavy atom. The highest BCUT2D eigenvalue weighted by atomic mass is 16.6. The zero-order valence-electron chi connectivity index (χ0n) is 46.8. The van der Waals surface area contributed by atoms with Crippen molar-refractivity contribution >= 4 is 23.5 Å². The summed E-state index contributed by atoms with van der Waals surface area (Å²) in [6.07, 6.45) is 19.4. The average Bonchev–Trinajstić information content (AvgIpc) is 3.95. The molecule has 0 heterocycles. The van der Waals surface area contributed by atoms with Gasteiger partial charge in [0.1, 0.15) is 40.6 Å². The van der Waals surface area contributed by atoms with Crippen molar-refractivity contribution in [2.75, 3.05) is 0 Å². The van der Waals surface area contributed by atoms with Crippen LogP contribution >= 0.6 is 0 Å². The number of hydrogen-bond acceptors (Lipinski definition) is 9. The predicted molar refractivity (Wildman–Crippen MR) is 290 cm³/mol. The fourth-order valence-electron chi connectivity index (χ4n) is 15.3. The molecule has 6 unspecified atom stereocenters. The third-order valence-electron chi connectivity index (χ3n) is 19.2. The van der Waals surface area contributed by atoms with Crippen molar-refractivity contribution in [3.8, 4) is 11.5 Å². The number of ether oxygens (including phenoxy) is 2. The first-order valence-corrected chi connectivity index (χ1v) is 28.1. The summed E-state index contributed by atoms with van der Waals surface area (Å²) >= 11 is 0. The SMILES string of the molecule is C=C(C)[C@@H]1CCC(C)=C[C@H]1C1=C(O)C(C(=O)OC2CC3CC2(C)CC3(C)C)=C(CCCCC)C(=O)C1=O.C=C(C)[C@@H]1CCC(C)=C[C@H]1c1c(O)cc(CCCCC)c(C(=O)OC2CC3CC2(C)CC3(C)C)c1O. The number of carbonyl (C=O) groups excluding carboxylic acids is 4. The van der Waals surface area contributed by atoms with E-state index in [9.17, 15) is 34.5 Å². The predicted octanol–water partition coefficient (Wildman–Crippen LogP) is 15.4. The maximum absolute atomic E-state index is 13.8. The zero-order chi connectivity index (χ0) is 53.7.